The molecule has 8 heteroatoms. The van der Waals surface area contributed by atoms with Gasteiger partial charge >= 0.3 is 5.97 Å². The van der Waals surface area contributed by atoms with Crippen molar-refractivity contribution in [2.45, 2.75) is 17.4 Å². The van der Waals surface area contributed by atoms with Crippen molar-refractivity contribution in [3.63, 3.8) is 0 Å². The number of benzene rings is 3. The smallest absolute Gasteiger partial charge is 0.333 e. The molecule has 0 spiro atoms. The highest BCUT2D eigenvalue weighted by molar-refractivity contribution is 7.89. The molecule has 32 heavy (non-hydrogen) atoms. The van der Waals surface area contributed by atoms with Gasteiger partial charge in [0.05, 0.1) is 18.6 Å². The van der Waals surface area contributed by atoms with E-state index in [1.54, 1.807) is 72.8 Å². The van der Waals surface area contributed by atoms with Crippen LogP contribution in [0, 0.1) is 6.92 Å². The SMILES string of the molecule is COC(=O)C(CNC(=O)c1ccccc1)(NS(=O)(=O)c1ccc(C)cc1)c1ccccc1. The average molecular weight is 453 g/mol. The molecule has 0 aliphatic carbocycles. The van der Waals surface area contributed by atoms with Gasteiger partial charge in [-0.15, -0.1) is 0 Å². The molecule has 3 aromatic carbocycles. The second-order valence-corrected chi connectivity index (χ2v) is 8.91. The maximum absolute atomic E-state index is 13.2. The number of ether oxygens (including phenoxy) is 1. The fourth-order valence-electron chi connectivity index (χ4n) is 3.24. The van der Waals surface area contributed by atoms with E-state index in [4.69, 9.17) is 4.74 Å². The van der Waals surface area contributed by atoms with Gasteiger partial charge in [-0.3, -0.25) is 4.79 Å². The first-order valence-electron chi connectivity index (χ1n) is 9.86. The third kappa shape index (κ3) is 5.04. The van der Waals surface area contributed by atoms with Crippen molar-refractivity contribution in [2.75, 3.05) is 13.7 Å². The number of sulfonamides is 1. The van der Waals surface area contributed by atoms with Crippen LogP contribution in [0.2, 0.25) is 0 Å². The summed E-state index contributed by atoms with van der Waals surface area (Å²) in [6, 6.07) is 22.9. The Hall–Kier alpha value is -3.49. The molecule has 0 fully saturated rings. The average Bonchev–Trinajstić information content (AvgIpc) is 2.82. The number of nitrogens with one attached hydrogen (secondary N) is 2. The Morgan fingerprint density at radius 1 is 0.875 bits per heavy atom. The molecular weight excluding hydrogens is 428 g/mol. The molecular formula is C24H24N2O5S. The van der Waals surface area contributed by atoms with E-state index < -0.39 is 27.4 Å². The molecule has 166 valence electrons. The fourth-order valence-corrected chi connectivity index (χ4v) is 4.58. The Morgan fingerprint density at radius 2 is 1.44 bits per heavy atom. The first-order valence-corrected chi connectivity index (χ1v) is 11.3. The largest absolute Gasteiger partial charge is 0.467 e. The van der Waals surface area contributed by atoms with Crippen molar-refractivity contribution in [3.05, 3.63) is 102 Å². The first-order chi connectivity index (χ1) is 15.3. The summed E-state index contributed by atoms with van der Waals surface area (Å²) in [4.78, 5) is 25.7. The van der Waals surface area contributed by atoms with Gasteiger partial charge in [0.25, 0.3) is 5.91 Å². The summed E-state index contributed by atoms with van der Waals surface area (Å²) < 4.78 is 34.0. The Labute approximate surface area is 187 Å². The molecule has 0 saturated carbocycles. The molecule has 0 aliphatic heterocycles. The third-order valence-electron chi connectivity index (χ3n) is 4.99. The van der Waals surface area contributed by atoms with Gasteiger partial charge < -0.3 is 10.1 Å². The van der Waals surface area contributed by atoms with E-state index in [-0.39, 0.29) is 11.4 Å². The predicted molar refractivity (Wildman–Crippen MR) is 120 cm³/mol. The second kappa shape index (κ2) is 9.76. The molecule has 1 unspecified atom stereocenters. The van der Waals surface area contributed by atoms with Crippen molar-refractivity contribution < 1.29 is 22.7 Å². The molecule has 0 saturated heterocycles. The molecule has 2 N–H and O–H groups in total. The van der Waals surface area contributed by atoms with E-state index in [9.17, 15) is 18.0 Å². The number of hydrogen-bond donors (Lipinski definition) is 2. The van der Waals surface area contributed by atoms with Crippen LogP contribution in [0.5, 0.6) is 0 Å². The van der Waals surface area contributed by atoms with Crippen LogP contribution >= 0.6 is 0 Å². The van der Waals surface area contributed by atoms with Gasteiger partial charge in [0.15, 0.2) is 5.54 Å². The van der Waals surface area contributed by atoms with E-state index in [2.05, 4.69) is 10.0 Å². The normalized spacial score (nSPS) is 13.1. The molecule has 7 nitrogen and oxygen atoms in total. The Morgan fingerprint density at radius 3 is 2.00 bits per heavy atom. The van der Waals surface area contributed by atoms with Gasteiger partial charge in [-0.25, -0.2) is 13.2 Å². The predicted octanol–water partition coefficient (Wildman–Crippen LogP) is 2.77. The van der Waals surface area contributed by atoms with Crippen LogP contribution in [-0.4, -0.2) is 33.9 Å². The Kier molecular flexibility index (Phi) is 7.07. The third-order valence-corrected chi connectivity index (χ3v) is 6.50. The quantitative estimate of drug-likeness (QED) is 0.512. The first kappa shape index (κ1) is 23.2. The molecule has 0 bridgehead atoms. The minimum absolute atomic E-state index is 0.0123. The summed E-state index contributed by atoms with van der Waals surface area (Å²) in [5.74, 6) is -1.31. The standard InChI is InChI=1S/C24H24N2O5S/c1-18-13-15-21(16-14-18)32(29,30)26-24(23(28)31-2,20-11-7-4-8-12-20)17-25-22(27)19-9-5-3-6-10-19/h3-16,26H,17H2,1-2H3,(H,25,27). The van der Waals surface area contributed by atoms with E-state index in [1.807, 2.05) is 6.92 Å². The summed E-state index contributed by atoms with van der Waals surface area (Å²) >= 11 is 0. The van der Waals surface area contributed by atoms with Crippen LogP contribution in [0.4, 0.5) is 0 Å². The lowest BCUT2D eigenvalue weighted by molar-refractivity contribution is -0.148. The highest BCUT2D eigenvalue weighted by atomic mass is 32.2. The molecule has 3 rings (SSSR count). The number of rotatable bonds is 8. The van der Waals surface area contributed by atoms with Crippen LogP contribution in [0.25, 0.3) is 0 Å². The Balaban J connectivity index is 2.04. The van der Waals surface area contributed by atoms with Gasteiger partial charge in [-0.1, -0.05) is 66.2 Å². The van der Waals surface area contributed by atoms with Gasteiger partial charge in [-0.2, -0.15) is 4.72 Å². The molecule has 0 aliphatic rings. The number of amides is 1. The van der Waals surface area contributed by atoms with Crippen molar-refractivity contribution in [1.29, 1.82) is 0 Å². The maximum Gasteiger partial charge on any atom is 0.333 e. The summed E-state index contributed by atoms with van der Waals surface area (Å²) in [7, 11) is -2.99. The van der Waals surface area contributed by atoms with Crippen LogP contribution < -0.4 is 10.0 Å². The monoisotopic (exact) mass is 452 g/mol. The number of aryl methyl sites for hydroxylation is 1. The van der Waals surface area contributed by atoms with Crippen LogP contribution in [-0.2, 0) is 25.1 Å². The van der Waals surface area contributed by atoms with Crippen molar-refractivity contribution >= 4 is 21.9 Å². The summed E-state index contributed by atoms with van der Waals surface area (Å²) in [5, 5.41) is 2.67. The van der Waals surface area contributed by atoms with Crippen molar-refractivity contribution in [1.82, 2.24) is 10.0 Å². The number of hydrogen-bond acceptors (Lipinski definition) is 5. The maximum atomic E-state index is 13.2. The lowest BCUT2D eigenvalue weighted by Gasteiger charge is -2.32. The number of esters is 1. The van der Waals surface area contributed by atoms with Crippen LogP contribution in [0.1, 0.15) is 21.5 Å². The second-order valence-electron chi connectivity index (χ2n) is 7.23. The van der Waals surface area contributed by atoms with Gasteiger partial charge in [0.2, 0.25) is 10.0 Å². The Bertz CT molecular complexity index is 1180. The summed E-state index contributed by atoms with van der Waals surface area (Å²) in [5.41, 5.74) is -0.289. The van der Waals surface area contributed by atoms with Crippen LogP contribution in [0.3, 0.4) is 0 Å². The molecule has 0 aromatic heterocycles. The molecule has 1 amide bonds. The number of methoxy groups -OCH3 is 1. The minimum Gasteiger partial charge on any atom is -0.467 e. The molecule has 3 aromatic rings. The molecule has 0 radical (unpaired) electrons. The van der Waals surface area contributed by atoms with Gasteiger partial charge in [-0.05, 0) is 36.8 Å². The van der Waals surface area contributed by atoms with Gasteiger partial charge in [0.1, 0.15) is 0 Å². The zero-order chi connectivity index (χ0) is 23.2. The molecule has 1 atom stereocenters. The lowest BCUT2D eigenvalue weighted by Crippen LogP contribution is -2.58. The fraction of sp³-hybridized carbons (Fsp3) is 0.167. The zero-order valence-electron chi connectivity index (χ0n) is 17.7. The van der Waals surface area contributed by atoms with E-state index in [0.717, 1.165) is 5.56 Å². The van der Waals surface area contributed by atoms with E-state index in [1.165, 1.54) is 19.2 Å². The number of carbonyl (C=O) groups excluding carboxylic acids is 2. The van der Waals surface area contributed by atoms with Crippen molar-refractivity contribution in [2.24, 2.45) is 0 Å². The number of carbonyl (C=O) groups is 2. The topological polar surface area (TPSA) is 102 Å². The van der Waals surface area contributed by atoms with Crippen molar-refractivity contribution in [3.8, 4) is 0 Å². The van der Waals surface area contributed by atoms with E-state index in [0.29, 0.717) is 11.1 Å². The van der Waals surface area contributed by atoms with Gasteiger partial charge in [0, 0.05) is 5.56 Å². The zero-order valence-corrected chi connectivity index (χ0v) is 18.6. The summed E-state index contributed by atoms with van der Waals surface area (Å²) in [6.45, 7) is 1.48. The highest BCUT2D eigenvalue weighted by Gasteiger charge is 2.45. The minimum atomic E-state index is -4.15. The van der Waals surface area contributed by atoms with Crippen LogP contribution in [0.15, 0.2) is 89.8 Å². The highest BCUT2D eigenvalue weighted by Crippen LogP contribution is 2.26. The van der Waals surface area contributed by atoms with E-state index >= 15 is 0 Å². The summed E-state index contributed by atoms with van der Waals surface area (Å²) in [6.07, 6.45) is 0. The molecule has 0 heterocycles. The lowest BCUT2D eigenvalue weighted by atomic mass is 9.90.